The highest BCUT2D eigenvalue weighted by Crippen LogP contribution is 2.46. The maximum atomic E-state index is 14.6. The van der Waals surface area contributed by atoms with Gasteiger partial charge >= 0.3 is 0 Å². The summed E-state index contributed by atoms with van der Waals surface area (Å²) in [5, 5.41) is 70.7. The van der Waals surface area contributed by atoms with E-state index in [4.69, 9.17) is 25.7 Å². The molecule has 3 heterocycles. The third-order valence-electron chi connectivity index (χ3n) is 10.9. The smallest absolute Gasteiger partial charge is 0.253 e. The van der Waals surface area contributed by atoms with Crippen molar-refractivity contribution >= 4 is 41.4 Å². The Kier molecular flexibility index (Phi) is 12.6. The molecule has 0 saturated carbocycles. The number of carbonyl (C=O) groups excluding carboxylic acids is 5. The number of fused-ring (bicyclic) bond motifs is 2. The van der Waals surface area contributed by atoms with E-state index in [0.717, 1.165) is 23.1 Å². The predicted molar refractivity (Wildman–Crippen MR) is 208 cm³/mol. The van der Waals surface area contributed by atoms with Gasteiger partial charge in [-0.2, -0.15) is 0 Å². The van der Waals surface area contributed by atoms with E-state index in [0.29, 0.717) is 17.4 Å². The predicted octanol–water partition coefficient (Wildman–Crippen LogP) is -1.54. The highest BCUT2D eigenvalue weighted by atomic mass is 16.7. The van der Waals surface area contributed by atoms with E-state index in [1.54, 1.807) is 0 Å². The number of pyridine rings is 1. The van der Waals surface area contributed by atoms with Crippen LogP contribution in [0.15, 0.2) is 47.6 Å². The third-order valence-corrected chi connectivity index (χ3v) is 10.9. The van der Waals surface area contributed by atoms with Gasteiger partial charge in [-0.05, 0) is 42.2 Å². The topological polar surface area (TPSA) is 327 Å². The molecule has 20 heteroatoms. The number of imide groups is 1. The van der Waals surface area contributed by atoms with Crippen LogP contribution in [-0.4, -0.2) is 134 Å². The van der Waals surface area contributed by atoms with Crippen molar-refractivity contribution in [1.29, 1.82) is 0 Å². The molecule has 6 rings (SSSR count). The number of benzene rings is 2. The number of amides is 2. The number of ether oxygens (including phenoxy) is 3. The molecule has 1 fully saturated rings. The molecule has 2 aliphatic heterocycles. The molecule has 3 aliphatic rings. The molecule has 0 bridgehead atoms. The lowest BCUT2D eigenvalue weighted by atomic mass is 9.75. The van der Waals surface area contributed by atoms with E-state index in [9.17, 15) is 54.6 Å². The first-order valence-electron chi connectivity index (χ1n) is 18.6. The fourth-order valence-corrected chi connectivity index (χ4v) is 7.81. The Bertz CT molecular complexity index is 2280. The van der Waals surface area contributed by atoms with Crippen molar-refractivity contribution in [3.63, 3.8) is 0 Å². The molecule has 2 amide bonds. The number of guanidine groups is 1. The van der Waals surface area contributed by atoms with Crippen LogP contribution in [0, 0.1) is 0 Å². The minimum Gasteiger partial charge on any atom is -0.507 e. The number of nitrogens with one attached hydrogen (secondary N) is 1. The standard InChI is InChI=1S/C40H44N6O14/c1-43-39(42)45-14-22-19(4-3-9-47)10-21-31(34(22)53)35(54)32-25(12-24(58-2)23(16-48)30(32)33(21)52)59-38-36(55)37(56)40(57,26(17-49)60-38)13-20(18-7-8-44-27(41)11-18)15-46-28(50)5-6-29(46)51/h5-12,20,26,36-38,48-49,53,55-57H,3-4,13-17H2,1-2H3,(H2,41,44)(H3,42,43,45)/t20-,26-,36-,37-,38-,40-/m1/s1. The lowest BCUT2D eigenvalue weighted by molar-refractivity contribution is -0.315. The number of aryl methyl sites for hydroxylation is 1. The molecule has 1 aliphatic carbocycles. The van der Waals surface area contributed by atoms with Crippen LogP contribution in [0.25, 0.3) is 0 Å². The molecule has 20 nitrogen and oxygen atoms in total. The van der Waals surface area contributed by atoms with Gasteiger partial charge in [0.1, 0.15) is 53.3 Å². The van der Waals surface area contributed by atoms with Crippen LogP contribution < -0.4 is 26.3 Å². The summed E-state index contributed by atoms with van der Waals surface area (Å²) < 4.78 is 17.4. The summed E-state index contributed by atoms with van der Waals surface area (Å²) in [6.07, 6.45) is -4.34. The van der Waals surface area contributed by atoms with Crippen molar-refractivity contribution in [3.05, 3.63) is 87.1 Å². The van der Waals surface area contributed by atoms with Gasteiger partial charge < -0.3 is 66.4 Å². The first kappa shape index (κ1) is 43.3. The van der Waals surface area contributed by atoms with Crippen LogP contribution >= 0.6 is 0 Å². The molecular weight excluding hydrogens is 788 g/mol. The number of aliphatic hydroxyl groups is 5. The summed E-state index contributed by atoms with van der Waals surface area (Å²) in [5.74, 6) is -5.23. The number of nitrogens with zero attached hydrogens (tertiary/aromatic N) is 3. The first-order chi connectivity index (χ1) is 28.6. The molecule has 318 valence electrons. The van der Waals surface area contributed by atoms with E-state index >= 15 is 0 Å². The van der Waals surface area contributed by atoms with Gasteiger partial charge in [-0.15, -0.1) is 0 Å². The van der Waals surface area contributed by atoms with Crippen LogP contribution in [0.4, 0.5) is 5.82 Å². The number of nitrogen functional groups attached to an aromatic ring is 1. The number of aliphatic hydroxyl groups excluding tert-OH is 4. The normalized spacial score (nSPS) is 23.1. The van der Waals surface area contributed by atoms with Gasteiger partial charge in [0.2, 0.25) is 12.1 Å². The molecule has 6 atom stereocenters. The number of phenols is 1. The first-order valence-corrected chi connectivity index (χ1v) is 18.6. The second kappa shape index (κ2) is 17.5. The molecule has 1 aromatic heterocycles. The zero-order chi connectivity index (χ0) is 43.6. The Balaban J connectivity index is 1.39. The Morgan fingerprint density at radius 3 is 2.40 bits per heavy atom. The second-order valence-electron chi connectivity index (χ2n) is 14.3. The molecule has 0 unspecified atom stereocenters. The fraction of sp³-hybridized carbons (Fsp3) is 0.375. The molecule has 0 spiro atoms. The maximum absolute atomic E-state index is 14.6. The van der Waals surface area contributed by atoms with Gasteiger partial charge in [0.15, 0.2) is 11.7 Å². The zero-order valence-corrected chi connectivity index (χ0v) is 32.4. The van der Waals surface area contributed by atoms with Crippen molar-refractivity contribution in [1.82, 2.24) is 15.2 Å². The number of aromatic hydroxyl groups is 1. The van der Waals surface area contributed by atoms with E-state index in [1.165, 1.54) is 38.6 Å². The van der Waals surface area contributed by atoms with Crippen molar-refractivity contribution in [2.75, 3.05) is 33.0 Å². The van der Waals surface area contributed by atoms with E-state index < -0.39 is 102 Å². The number of hydrogen-bond donors (Lipinski definition) is 9. The van der Waals surface area contributed by atoms with E-state index in [2.05, 4.69) is 15.3 Å². The number of nitrogens with two attached hydrogens (primary N) is 2. The summed E-state index contributed by atoms with van der Waals surface area (Å²) in [7, 11) is 2.63. The molecule has 11 N–H and O–H groups in total. The maximum Gasteiger partial charge on any atom is 0.253 e. The lowest BCUT2D eigenvalue weighted by Crippen LogP contribution is -2.68. The van der Waals surface area contributed by atoms with E-state index in [1.807, 2.05) is 0 Å². The number of phenolic OH excluding ortho intramolecular Hbond substituents is 1. The summed E-state index contributed by atoms with van der Waals surface area (Å²) >= 11 is 0. The number of rotatable bonds is 15. The van der Waals surface area contributed by atoms with Gasteiger partial charge in [0, 0.05) is 79.1 Å². The molecule has 2 aromatic carbocycles. The van der Waals surface area contributed by atoms with Gasteiger partial charge in [-0.3, -0.25) is 29.1 Å². The number of aliphatic imine (C=N–C) groups is 1. The number of carbonyl (C=O) groups is 5. The summed E-state index contributed by atoms with van der Waals surface area (Å²) in [6, 6.07) is 5.42. The van der Waals surface area contributed by atoms with Crippen LogP contribution in [-0.2, 0) is 38.7 Å². The van der Waals surface area contributed by atoms with Crippen LogP contribution in [0.1, 0.15) is 72.9 Å². The van der Waals surface area contributed by atoms with Gasteiger partial charge in [0.05, 0.1) is 31.5 Å². The number of aldehydes is 1. The van der Waals surface area contributed by atoms with Crippen molar-refractivity contribution in [3.8, 4) is 17.2 Å². The molecule has 1 saturated heterocycles. The lowest BCUT2D eigenvalue weighted by Gasteiger charge is -2.49. The summed E-state index contributed by atoms with van der Waals surface area (Å²) in [5.41, 5.74) is 8.37. The molecule has 60 heavy (non-hydrogen) atoms. The fourth-order valence-electron chi connectivity index (χ4n) is 7.81. The Morgan fingerprint density at radius 2 is 1.78 bits per heavy atom. The Labute approximate surface area is 341 Å². The van der Waals surface area contributed by atoms with Gasteiger partial charge in [0.25, 0.3) is 11.8 Å². The monoisotopic (exact) mass is 832 g/mol. The average molecular weight is 833 g/mol. The Hall–Kier alpha value is -6.29. The van der Waals surface area contributed by atoms with Crippen LogP contribution in [0.5, 0.6) is 17.2 Å². The zero-order valence-electron chi connectivity index (χ0n) is 32.4. The highest BCUT2D eigenvalue weighted by Gasteiger charge is 2.57. The van der Waals surface area contributed by atoms with Gasteiger partial charge in [-0.25, -0.2) is 4.98 Å². The number of ketones is 2. The molecule has 0 radical (unpaired) electrons. The highest BCUT2D eigenvalue weighted by molar-refractivity contribution is 6.31. The van der Waals surface area contributed by atoms with Gasteiger partial charge in [-0.1, -0.05) is 0 Å². The largest absolute Gasteiger partial charge is 0.507 e. The number of hydrogen-bond acceptors (Lipinski definition) is 17. The average Bonchev–Trinajstić information content (AvgIpc) is 3.55. The summed E-state index contributed by atoms with van der Waals surface area (Å²) in [6.45, 7) is -2.27. The quantitative estimate of drug-likeness (QED) is 0.0284. The van der Waals surface area contributed by atoms with Crippen molar-refractivity contribution < 1.29 is 68.8 Å². The SMILES string of the molecule is CN=C(N)NCc1c(CCC=O)cc2c(c1O)C(=O)c1c(O[C@@H]3O[C@H](CO)[C@](O)(C[C@H](CN4C(=O)C=CC4=O)c4ccnc(N)c4)[C@H](O)[C@H]3O)cc(OC)c(CO)c1C2=O. The van der Waals surface area contributed by atoms with Crippen LogP contribution in [0.2, 0.25) is 0 Å². The molecule has 3 aromatic rings. The number of anilines is 1. The van der Waals surface area contributed by atoms with Crippen LogP contribution in [0.3, 0.4) is 0 Å². The third kappa shape index (κ3) is 7.78. The summed E-state index contributed by atoms with van der Waals surface area (Å²) in [4.78, 5) is 74.1. The van der Waals surface area contributed by atoms with Crippen molar-refractivity contribution in [2.45, 2.75) is 68.5 Å². The molecular formula is C40H44N6O14. The minimum absolute atomic E-state index is 0.00280. The van der Waals surface area contributed by atoms with Crippen molar-refractivity contribution in [2.24, 2.45) is 10.7 Å². The number of methoxy groups -OCH3 is 1. The Morgan fingerprint density at radius 1 is 1.07 bits per heavy atom. The second-order valence-corrected chi connectivity index (χ2v) is 14.3. The number of aromatic nitrogens is 1. The minimum atomic E-state index is -2.50. The van der Waals surface area contributed by atoms with E-state index in [-0.39, 0.29) is 65.7 Å².